The van der Waals surface area contributed by atoms with Crippen LogP contribution in [0.1, 0.15) is 33.3 Å². The second-order valence-corrected chi connectivity index (χ2v) is 5.30. The number of hydrogen-bond acceptors (Lipinski definition) is 3. The van der Waals surface area contributed by atoms with Crippen molar-refractivity contribution in [1.82, 2.24) is 4.98 Å². The summed E-state index contributed by atoms with van der Waals surface area (Å²) in [5, 5.41) is 0. The molecule has 0 saturated heterocycles. The van der Waals surface area contributed by atoms with Gasteiger partial charge in [-0.2, -0.15) is 0 Å². The number of carbonyl (C=O) groups excluding carboxylic acids is 1. The molecule has 0 atom stereocenters. The lowest BCUT2D eigenvalue weighted by molar-refractivity contribution is -0.129. The molecule has 0 aliphatic carbocycles. The van der Waals surface area contributed by atoms with Crippen LogP contribution >= 0.6 is 0 Å². The Balaban J connectivity index is 2.81. The van der Waals surface area contributed by atoms with Crippen molar-refractivity contribution in [3.8, 4) is 0 Å². The third kappa shape index (κ3) is 2.67. The van der Waals surface area contributed by atoms with Crippen LogP contribution in [0.3, 0.4) is 0 Å². The van der Waals surface area contributed by atoms with Crippen molar-refractivity contribution < 1.29 is 4.79 Å². The van der Waals surface area contributed by atoms with Crippen LogP contribution in [0.5, 0.6) is 0 Å². The topological polar surface area (TPSA) is 56.0 Å². The van der Waals surface area contributed by atoms with Crippen LogP contribution in [-0.2, 0) is 11.2 Å². The molecule has 0 unspecified atom stereocenters. The molecule has 1 aromatic heterocycles. The van der Waals surface area contributed by atoms with Crippen LogP contribution in [0, 0.1) is 5.41 Å². The molecule has 0 aromatic carbocycles. The van der Waals surface area contributed by atoms with Gasteiger partial charge in [0.2, 0.25) is 0 Å². The van der Waals surface area contributed by atoms with Crippen LogP contribution in [0.25, 0.3) is 0 Å². The van der Waals surface area contributed by atoms with E-state index in [0.717, 1.165) is 5.56 Å². The first-order valence-corrected chi connectivity index (χ1v) is 5.46. The quantitative estimate of drug-likeness (QED) is 0.843. The van der Waals surface area contributed by atoms with Gasteiger partial charge in [0.1, 0.15) is 5.78 Å². The zero-order chi connectivity index (χ0) is 12.4. The number of Topliss-reactive ketones (excluding diaryl/α,β-unsaturated/α-hetero) is 1. The van der Waals surface area contributed by atoms with Gasteiger partial charge in [-0.15, -0.1) is 0 Å². The summed E-state index contributed by atoms with van der Waals surface area (Å²) < 4.78 is 0. The molecule has 1 aromatic rings. The molecule has 2 N–H and O–H groups in total. The Bertz CT molecular complexity index is 363. The van der Waals surface area contributed by atoms with Gasteiger partial charge in [0.15, 0.2) is 0 Å². The van der Waals surface area contributed by atoms with Gasteiger partial charge < -0.3 is 5.73 Å². The molecular weight excluding hydrogens is 200 g/mol. The maximum absolute atomic E-state index is 12.2. The summed E-state index contributed by atoms with van der Waals surface area (Å²) in [5.41, 5.74) is 5.97. The van der Waals surface area contributed by atoms with Gasteiger partial charge in [-0.25, -0.2) is 0 Å². The molecule has 16 heavy (non-hydrogen) atoms. The summed E-state index contributed by atoms with van der Waals surface area (Å²) in [6.45, 7) is 7.57. The Morgan fingerprint density at radius 3 is 2.19 bits per heavy atom. The normalized spacial score (nSPS) is 12.6. The van der Waals surface area contributed by atoms with Gasteiger partial charge in [0, 0.05) is 29.8 Å². The number of aromatic nitrogens is 1. The lowest BCUT2D eigenvalue weighted by Crippen LogP contribution is -2.52. The predicted octanol–water partition coefficient (Wildman–Crippen LogP) is 1.96. The van der Waals surface area contributed by atoms with E-state index in [0.29, 0.717) is 6.42 Å². The molecule has 1 rings (SSSR count). The lowest BCUT2D eigenvalue weighted by atomic mass is 9.71. The van der Waals surface area contributed by atoms with Crippen molar-refractivity contribution in [3.63, 3.8) is 0 Å². The maximum atomic E-state index is 12.2. The molecule has 0 saturated carbocycles. The molecule has 0 spiro atoms. The number of nitrogens with two attached hydrogens (primary N) is 1. The van der Waals surface area contributed by atoms with Crippen LogP contribution in [-0.4, -0.2) is 16.3 Å². The first kappa shape index (κ1) is 12.8. The van der Waals surface area contributed by atoms with Gasteiger partial charge in [-0.1, -0.05) is 13.8 Å². The Labute approximate surface area is 97.1 Å². The Morgan fingerprint density at radius 2 is 1.75 bits per heavy atom. The van der Waals surface area contributed by atoms with Gasteiger partial charge in [-0.05, 0) is 31.5 Å². The van der Waals surface area contributed by atoms with Gasteiger partial charge in [0.05, 0.1) is 0 Å². The highest BCUT2D eigenvalue weighted by Crippen LogP contribution is 2.30. The number of pyridine rings is 1. The standard InChI is InChI=1S/C13H20N2O/c1-12(2,13(3,4)14)11(16)9-10-5-7-15-8-6-10/h5-8H,9,14H2,1-4H3. The highest BCUT2D eigenvalue weighted by atomic mass is 16.1. The average molecular weight is 220 g/mol. The zero-order valence-corrected chi connectivity index (χ0v) is 10.4. The van der Waals surface area contributed by atoms with E-state index in [1.807, 2.05) is 39.8 Å². The molecule has 3 nitrogen and oxygen atoms in total. The first-order chi connectivity index (χ1) is 7.25. The van der Waals surface area contributed by atoms with Crippen molar-refractivity contribution in [1.29, 1.82) is 0 Å². The highest BCUT2D eigenvalue weighted by Gasteiger charge is 2.39. The monoisotopic (exact) mass is 220 g/mol. The molecule has 1 heterocycles. The number of carbonyl (C=O) groups is 1. The summed E-state index contributed by atoms with van der Waals surface area (Å²) in [5.74, 6) is 0.159. The Morgan fingerprint density at radius 1 is 1.25 bits per heavy atom. The fourth-order valence-corrected chi connectivity index (χ4v) is 1.27. The second-order valence-electron chi connectivity index (χ2n) is 5.30. The molecular formula is C13H20N2O. The molecule has 0 fully saturated rings. The minimum atomic E-state index is -0.531. The van der Waals surface area contributed by atoms with Crippen molar-refractivity contribution in [2.45, 2.75) is 39.7 Å². The summed E-state index contributed by atoms with van der Waals surface area (Å²) in [7, 11) is 0. The van der Waals surface area contributed by atoms with Crippen molar-refractivity contribution >= 4 is 5.78 Å². The van der Waals surface area contributed by atoms with Crippen LogP contribution in [0.15, 0.2) is 24.5 Å². The third-order valence-electron chi connectivity index (χ3n) is 3.42. The first-order valence-electron chi connectivity index (χ1n) is 5.46. The van der Waals surface area contributed by atoms with Crippen molar-refractivity contribution in [3.05, 3.63) is 30.1 Å². The zero-order valence-electron chi connectivity index (χ0n) is 10.4. The minimum Gasteiger partial charge on any atom is -0.325 e. The number of nitrogens with zero attached hydrogens (tertiary/aromatic N) is 1. The average Bonchev–Trinajstić information content (AvgIpc) is 2.17. The Kier molecular flexibility index (Phi) is 3.48. The summed E-state index contributed by atoms with van der Waals surface area (Å²) in [6.07, 6.45) is 3.81. The number of ketones is 1. The molecule has 0 aliphatic rings. The maximum Gasteiger partial charge on any atom is 0.144 e. The highest BCUT2D eigenvalue weighted by molar-refractivity contribution is 5.87. The van der Waals surface area contributed by atoms with E-state index in [-0.39, 0.29) is 5.78 Å². The van der Waals surface area contributed by atoms with Crippen molar-refractivity contribution in [2.24, 2.45) is 11.1 Å². The van der Waals surface area contributed by atoms with E-state index in [2.05, 4.69) is 4.98 Å². The summed E-state index contributed by atoms with van der Waals surface area (Å²) in [6, 6.07) is 3.72. The van der Waals surface area contributed by atoms with E-state index in [9.17, 15) is 4.79 Å². The van der Waals surface area contributed by atoms with E-state index in [1.165, 1.54) is 0 Å². The van der Waals surface area contributed by atoms with Crippen LogP contribution in [0.4, 0.5) is 0 Å². The van der Waals surface area contributed by atoms with E-state index in [4.69, 9.17) is 5.73 Å². The second kappa shape index (κ2) is 4.34. The minimum absolute atomic E-state index is 0.159. The third-order valence-corrected chi connectivity index (χ3v) is 3.42. The number of hydrogen-bond donors (Lipinski definition) is 1. The molecule has 0 bridgehead atoms. The van der Waals surface area contributed by atoms with Gasteiger partial charge in [-0.3, -0.25) is 9.78 Å². The lowest BCUT2D eigenvalue weighted by Gasteiger charge is -2.37. The molecule has 0 aliphatic heterocycles. The van der Waals surface area contributed by atoms with E-state index < -0.39 is 11.0 Å². The summed E-state index contributed by atoms with van der Waals surface area (Å²) >= 11 is 0. The Hall–Kier alpha value is -1.22. The molecule has 0 amide bonds. The largest absolute Gasteiger partial charge is 0.325 e. The molecule has 88 valence electrons. The van der Waals surface area contributed by atoms with E-state index >= 15 is 0 Å². The van der Waals surface area contributed by atoms with Gasteiger partial charge >= 0.3 is 0 Å². The van der Waals surface area contributed by atoms with Crippen molar-refractivity contribution in [2.75, 3.05) is 0 Å². The van der Waals surface area contributed by atoms with Crippen LogP contribution in [0.2, 0.25) is 0 Å². The molecule has 0 radical (unpaired) electrons. The molecule has 3 heteroatoms. The predicted molar refractivity (Wildman–Crippen MR) is 65.0 cm³/mol. The van der Waals surface area contributed by atoms with E-state index in [1.54, 1.807) is 12.4 Å². The fourth-order valence-electron chi connectivity index (χ4n) is 1.27. The summed E-state index contributed by atoms with van der Waals surface area (Å²) in [4.78, 5) is 16.1. The SMILES string of the molecule is CC(C)(N)C(C)(C)C(=O)Cc1ccncc1. The smallest absolute Gasteiger partial charge is 0.144 e. The van der Waals surface area contributed by atoms with Crippen LogP contribution < -0.4 is 5.73 Å². The van der Waals surface area contributed by atoms with Gasteiger partial charge in [0.25, 0.3) is 0 Å². The fraction of sp³-hybridized carbons (Fsp3) is 0.538. The number of rotatable bonds is 4.